The summed E-state index contributed by atoms with van der Waals surface area (Å²) < 4.78 is 47.5. The van der Waals surface area contributed by atoms with Gasteiger partial charge in [0.05, 0.1) is 12.5 Å². The minimum Gasteiger partial charge on any atom is -0.400 e. The van der Waals surface area contributed by atoms with E-state index in [4.69, 9.17) is 10.2 Å². The summed E-state index contributed by atoms with van der Waals surface area (Å²) >= 11 is 0. The molecule has 0 radical (unpaired) electrons. The van der Waals surface area contributed by atoms with Crippen molar-refractivity contribution in [3.63, 3.8) is 0 Å². The lowest BCUT2D eigenvalue weighted by Gasteiger charge is -2.06. The monoisotopic (exact) mass is 334 g/mol. The SMILES string of the molecule is CN(C)C.CN(C)CC1CC1(F)F.CO.OCC1CC1(F)F. The van der Waals surface area contributed by atoms with Gasteiger partial charge in [-0.2, -0.15) is 0 Å². The van der Waals surface area contributed by atoms with Crippen LogP contribution < -0.4 is 0 Å². The van der Waals surface area contributed by atoms with Crippen molar-refractivity contribution in [1.82, 2.24) is 9.80 Å². The summed E-state index contributed by atoms with van der Waals surface area (Å²) in [7, 11) is 10.6. The number of hydrogen-bond donors (Lipinski definition) is 2. The zero-order chi connectivity index (χ0) is 18.1. The molecule has 0 heterocycles. The zero-order valence-corrected chi connectivity index (χ0v) is 14.3. The molecule has 2 atom stereocenters. The van der Waals surface area contributed by atoms with Gasteiger partial charge in [0.2, 0.25) is 0 Å². The topological polar surface area (TPSA) is 46.9 Å². The summed E-state index contributed by atoms with van der Waals surface area (Å²) in [6, 6.07) is 0. The number of nitrogens with zero attached hydrogens (tertiary/aromatic N) is 2. The Labute approximate surface area is 130 Å². The summed E-state index contributed by atoms with van der Waals surface area (Å²) in [6.45, 7) is 0.153. The zero-order valence-electron chi connectivity index (χ0n) is 14.3. The van der Waals surface area contributed by atoms with Crippen LogP contribution in [0.4, 0.5) is 17.6 Å². The van der Waals surface area contributed by atoms with Crippen molar-refractivity contribution in [3.05, 3.63) is 0 Å². The highest BCUT2D eigenvalue weighted by Gasteiger charge is 2.56. The third kappa shape index (κ3) is 12.1. The number of aliphatic hydroxyl groups excluding tert-OH is 2. The Bertz CT molecular complexity index is 287. The molecule has 4 nitrogen and oxygen atoms in total. The first kappa shape index (κ1) is 23.8. The second-order valence-corrected chi connectivity index (χ2v) is 6.11. The molecule has 0 aromatic heterocycles. The molecule has 136 valence electrons. The van der Waals surface area contributed by atoms with E-state index in [1.807, 2.05) is 40.1 Å². The molecule has 2 aliphatic carbocycles. The first-order valence-corrected chi connectivity index (χ1v) is 6.99. The van der Waals surface area contributed by atoms with Gasteiger partial charge in [0.25, 0.3) is 11.8 Å². The highest BCUT2D eigenvalue weighted by atomic mass is 19.3. The molecule has 0 aromatic rings. The second kappa shape index (κ2) is 10.4. The Morgan fingerprint density at radius 3 is 1.18 bits per heavy atom. The van der Waals surface area contributed by atoms with E-state index in [9.17, 15) is 17.6 Å². The van der Waals surface area contributed by atoms with Crippen LogP contribution in [0.1, 0.15) is 12.8 Å². The molecule has 0 saturated heterocycles. The van der Waals surface area contributed by atoms with Gasteiger partial charge in [-0.15, -0.1) is 0 Å². The average Bonchev–Trinajstić information content (AvgIpc) is 3.17. The fraction of sp³-hybridized carbons (Fsp3) is 1.00. The van der Waals surface area contributed by atoms with Gasteiger partial charge < -0.3 is 20.0 Å². The van der Waals surface area contributed by atoms with E-state index in [-0.39, 0.29) is 25.4 Å². The van der Waals surface area contributed by atoms with Gasteiger partial charge in [-0.25, -0.2) is 17.6 Å². The Balaban J connectivity index is 0. The number of rotatable bonds is 3. The van der Waals surface area contributed by atoms with Crippen LogP contribution in [-0.2, 0) is 0 Å². The summed E-state index contributed by atoms with van der Waals surface area (Å²) in [6.07, 6.45) is -0.0331. The summed E-state index contributed by atoms with van der Waals surface area (Å²) in [5.41, 5.74) is 0. The van der Waals surface area contributed by atoms with Gasteiger partial charge in [0.1, 0.15) is 0 Å². The lowest BCUT2D eigenvalue weighted by atomic mass is 10.4. The number of alkyl halides is 4. The van der Waals surface area contributed by atoms with Crippen molar-refractivity contribution < 1.29 is 27.8 Å². The van der Waals surface area contributed by atoms with Crippen LogP contribution in [0, 0.1) is 11.8 Å². The standard InChI is InChI=1S/C6H11F2N.C4H6F2O.C3H9N.CH4O/c1-9(2)4-5-3-6(5,7)8;5-4(6)1-3(4)2-7;1-4(2)3;1-2/h5H,3-4H2,1-2H3;3,7H,1-2H2;1-3H3;2H,1H3. The van der Waals surface area contributed by atoms with E-state index in [1.165, 1.54) is 0 Å². The van der Waals surface area contributed by atoms with Crippen LogP contribution in [0.5, 0.6) is 0 Å². The molecule has 2 unspecified atom stereocenters. The Hall–Kier alpha value is -0.440. The Kier molecular flexibility index (Phi) is 11.2. The molecule has 2 N–H and O–H groups in total. The van der Waals surface area contributed by atoms with Gasteiger partial charge in [0.15, 0.2) is 0 Å². The fourth-order valence-electron chi connectivity index (χ4n) is 1.38. The van der Waals surface area contributed by atoms with E-state index in [0.717, 1.165) is 7.11 Å². The maximum Gasteiger partial charge on any atom is 0.253 e. The summed E-state index contributed by atoms with van der Waals surface area (Å²) in [4.78, 5) is 3.80. The van der Waals surface area contributed by atoms with Gasteiger partial charge in [0, 0.05) is 32.4 Å². The molecule has 2 rings (SSSR count). The molecular formula is C14H30F4N2O2. The van der Waals surface area contributed by atoms with Crippen molar-refractivity contribution in [3.8, 4) is 0 Å². The average molecular weight is 334 g/mol. The molecule has 0 aromatic carbocycles. The number of aliphatic hydroxyl groups is 2. The van der Waals surface area contributed by atoms with Crippen molar-refractivity contribution in [1.29, 1.82) is 0 Å². The second-order valence-electron chi connectivity index (χ2n) is 6.11. The Morgan fingerprint density at radius 2 is 1.14 bits per heavy atom. The van der Waals surface area contributed by atoms with Crippen LogP contribution in [0.2, 0.25) is 0 Å². The normalized spacial score (nSPS) is 25.9. The quantitative estimate of drug-likeness (QED) is 0.770. The minimum atomic E-state index is -2.53. The van der Waals surface area contributed by atoms with Crippen LogP contribution in [0.15, 0.2) is 0 Å². The van der Waals surface area contributed by atoms with Gasteiger partial charge in [-0.3, -0.25) is 0 Å². The lowest BCUT2D eigenvalue weighted by Crippen LogP contribution is -2.17. The van der Waals surface area contributed by atoms with Gasteiger partial charge >= 0.3 is 0 Å². The van der Waals surface area contributed by atoms with Crippen LogP contribution in [0.3, 0.4) is 0 Å². The smallest absolute Gasteiger partial charge is 0.253 e. The molecule has 0 aliphatic heterocycles. The van der Waals surface area contributed by atoms with Gasteiger partial charge in [-0.1, -0.05) is 0 Å². The first-order valence-electron chi connectivity index (χ1n) is 6.99. The predicted octanol–water partition coefficient (Wildman–Crippen LogP) is 1.62. The van der Waals surface area contributed by atoms with E-state index in [2.05, 4.69) is 0 Å². The van der Waals surface area contributed by atoms with Gasteiger partial charge in [-0.05, 0) is 35.2 Å². The summed E-state index contributed by atoms with van der Waals surface area (Å²) in [5, 5.41) is 15.1. The maximum absolute atomic E-state index is 12.1. The molecule has 2 saturated carbocycles. The first-order chi connectivity index (χ1) is 9.92. The lowest BCUT2D eigenvalue weighted by molar-refractivity contribution is 0.0821. The molecule has 0 amide bonds. The molecule has 8 heteroatoms. The van der Waals surface area contributed by atoms with Crippen LogP contribution >= 0.6 is 0 Å². The van der Waals surface area contributed by atoms with Crippen molar-refractivity contribution in [2.75, 3.05) is 55.5 Å². The number of halogens is 4. The molecule has 2 aliphatic rings. The molecule has 0 spiro atoms. The van der Waals surface area contributed by atoms with Crippen molar-refractivity contribution >= 4 is 0 Å². The van der Waals surface area contributed by atoms with Crippen molar-refractivity contribution in [2.45, 2.75) is 24.7 Å². The van der Waals surface area contributed by atoms with Crippen molar-refractivity contribution in [2.24, 2.45) is 11.8 Å². The highest BCUT2D eigenvalue weighted by Crippen LogP contribution is 2.48. The highest BCUT2D eigenvalue weighted by molar-refractivity contribution is 4.96. The molecule has 2 fully saturated rings. The van der Waals surface area contributed by atoms with E-state index >= 15 is 0 Å². The molecule has 22 heavy (non-hydrogen) atoms. The third-order valence-electron chi connectivity index (χ3n) is 2.72. The molecular weight excluding hydrogens is 304 g/mol. The van der Waals surface area contributed by atoms with E-state index in [1.54, 1.807) is 4.90 Å². The fourth-order valence-corrected chi connectivity index (χ4v) is 1.38. The Morgan fingerprint density at radius 1 is 0.864 bits per heavy atom. The largest absolute Gasteiger partial charge is 0.400 e. The third-order valence-corrected chi connectivity index (χ3v) is 2.72. The number of hydrogen-bond acceptors (Lipinski definition) is 4. The maximum atomic E-state index is 12.1. The van der Waals surface area contributed by atoms with Crippen LogP contribution in [0.25, 0.3) is 0 Å². The minimum absolute atomic E-state index is 0.0885. The molecule has 0 bridgehead atoms. The van der Waals surface area contributed by atoms with Crippen LogP contribution in [-0.4, -0.2) is 87.4 Å². The van der Waals surface area contributed by atoms with E-state index in [0.29, 0.717) is 6.54 Å². The van der Waals surface area contributed by atoms with E-state index < -0.39 is 17.8 Å². The predicted molar refractivity (Wildman–Crippen MR) is 79.5 cm³/mol. The summed E-state index contributed by atoms with van der Waals surface area (Å²) in [5.74, 6) is -5.97.